The van der Waals surface area contributed by atoms with E-state index in [-0.39, 0.29) is 16.5 Å². The van der Waals surface area contributed by atoms with E-state index in [0.717, 1.165) is 34.7 Å². The fourth-order valence-corrected chi connectivity index (χ4v) is 7.61. The van der Waals surface area contributed by atoms with Crippen LogP contribution in [0.5, 0.6) is 0 Å². The molecule has 3 aromatic rings. The van der Waals surface area contributed by atoms with Crippen molar-refractivity contribution in [3.63, 3.8) is 0 Å². The third kappa shape index (κ3) is 4.76. The Balaban J connectivity index is 1.38. The van der Waals surface area contributed by atoms with Crippen LogP contribution < -0.4 is 10.2 Å². The molecule has 2 unspecified atom stereocenters. The van der Waals surface area contributed by atoms with Crippen molar-refractivity contribution in [2.24, 2.45) is 9.98 Å². The summed E-state index contributed by atoms with van der Waals surface area (Å²) in [4.78, 5) is 28.9. The standard InChI is InChI=1S/C29H29N5O2S2/c1-3-30-21-14-13-20(26-31-15-16-36-26)17-22(21)32-29-34(18-19-9-5-4-6-10-19)27(35)25(38-29)28-33(2)23-11-7-8-12-24(23)37-28/h4-14,17,25,28,30H,3,15-16,18H2,1-2H3. The zero-order valence-electron chi connectivity index (χ0n) is 21.3. The van der Waals surface area contributed by atoms with Crippen molar-refractivity contribution in [3.05, 3.63) is 83.9 Å². The van der Waals surface area contributed by atoms with Crippen LogP contribution in [0, 0.1) is 0 Å². The van der Waals surface area contributed by atoms with Crippen LogP contribution >= 0.6 is 23.5 Å². The maximum Gasteiger partial charge on any atom is 0.245 e. The van der Waals surface area contributed by atoms with E-state index in [4.69, 9.17) is 9.73 Å². The van der Waals surface area contributed by atoms with Crippen LogP contribution in [0.4, 0.5) is 17.1 Å². The molecule has 194 valence electrons. The molecule has 1 fully saturated rings. The number of aliphatic imine (C=N–C) groups is 2. The molecule has 0 saturated carbocycles. The van der Waals surface area contributed by atoms with Gasteiger partial charge < -0.3 is 15.0 Å². The summed E-state index contributed by atoms with van der Waals surface area (Å²) in [5.74, 6) is 0.727. The Hall–Kier alpha value is -3.43. The van der Waals surface area contributed by atoms with Gasteiger partial charge in [-0.25, -0.2) is 9.98 Å². The number of nitrogens with zero attached hydrogens (tertiary/aromatic N) is 4. The highest BCUT2D eigenvalue weighted by molar-refractivity contribution is 8.16. The molecule has 0 bridgehead atoms. The Labute approximate surface area is 231 Å². The van der Waals surface area contributed by atoms with Crippen molar-refractivity contribution in [2.75, 3.05) is 37.0 Å². The number of ether oxygens (including phenoxy) is 1. The summed E-state index contributed by atoms with van der Waals surface area (Å²) in [5, 5.41) is 3.82. The molecule has 3 aromatic carbocycles. The van der Waals surface area contributed by atoms with Gasteiger partial charge in [-0.3, -0.25) is 9.69 Å². The minimum atomic E-state index is -0.284. The number of carbonyl (C=O) groups excluding carboxylic acids is 1. The zero-order valence-corrected chi connectivity index (χ0v) is 23.0. The molecular formula is C29H29N5O2S2. The van der Waals surface area contributed by atoms with E-state index in [2.05, 4.69) is 53.4 Å². The lowest BCUT2D eigenvalue weighted by Crippen LogP contribution is -2.41. The maximum atomic E-state index is 14.0. The summed E-state index contributed by atoms with van der Waals surface area (Å²) in [6, 6.07) is 24.5. The monoisotopic (exact) mass is 543 g/mol. The van der Waals surface area contributed by atoms with E-state index in [1.165, 1.54) is 4.90 Å². The van der Waals surface area contributed by atoms with Crippen molar-refractivity contribution in [3.8, 4) is 0 Å². The smallest absolute Gasteiger partial charge is 0.245 e. The van der Waals surface area contributed by atoms with Crippen LogP contribution in [0.3, 0.4) is 0 Å². The van der Waals surface area contributed by atoms with E-state index in [0.29, 0.717) is 30.8 Å². The minimum absolute atomic E-state index is 0.0170. The molecule has 3 aliphatic heterocycles. The van der Waals surface area contributed by atoms with Gasteiger partial charge in [0.15, 0.2) is 5.17 Å². The highest BCUT2D eigenvalue weighted by Gasteiger charge is 2.47. The molecule has 38 heavy (non-hydrogen) atoms. The number of nitrogens with one attached hydrogen (secondary N) is 1. The number of amidine groups is 1. The highest BCUT2D eigenvalue weighted by atomic mass is 32.2. The lowest BCUT2D eigenvalue weighted by Gasteiger charge is -2.25. The van der Waals surface area contributed by atoms with Gasteiger partial charge in [0, 0.05) is 24.1 Å². The summed E-state index contributed by atoms with van der Waals surface area (Å²) >= 11 is 3.30. The van der Waals surface area contributed by atoms with Crippen molar-refractivity contribution < 1.29 is 9.53 Å². The Morgan fingerprint density at radius 2 is 1.89 bits per heavy atom. The highest BCUT2D eigenvalue weighted by Crippen LogP contribution is 2.48. The number of thioether (sulfide) groups is 2. The summed E-state index contributed by atoms with van der Waals surface area (Å²) in [5.41, 5.74) is 4.81. The van der Waals surface area contributed by atoms with E-state index in [9.17, 15) is 4.79 Å². The maximum absolute atomic E-state index is 14.0. The van der Waals surface area contributed by atoms with Crippen LogP contribution in [-0.4, -0.2) is 59.2 Å². The molecule has 1 amide bonds. The van der Waals surface area contributed by atoms with E-state index >= 15 is 0 Å². The average molecular weight is 544 g/mol. The second kappa shape index (κ2) is 10.7. The Morgan fingerprint density at radius 1 is 1.08 bits per heavy atom. The topological polar surface area (TPSA) is 69.5 Å². The Bertz CT molecular complexity index is 1410. The molecule has 1 saturated heterocycles. The van der Waals surface area contributed by atoms with Crippen LogP contribution in [0.2, 0.25) is 0 Å². The summed E-state index contributed by atoms with van der Waals surface area (Å²) in [6.45, 7) is 4.56. The molecule has 9 heteroatoms. The molecule has 2 atom stereocenters. The Kier molecular flexibility index (Phi) is 7.04. The first-order valence-electron chi connectivity index (χ1n) is 12.8. The van der Waals surface area contributed by atoms with Crippen LogP contribution in [0.1, 0.15) is 18.1 Å². The summed E-state index contributed by atoms with van der Waals surface area (Å²) in [7, 11) is 2.07. The average Bonchev–Trinajstić information content (AvgIpc) is 3.66. The lowest BCUT2D eigenvalue weighted by atomic mass is 10.1. The minimum Gasteiger partial charge on any atom is -0.476 e. The summed E-state index contributed by atoms with van der Waals surface area (Å²) < 4.78 is 5.71. The van der Waals surface area contributed by atoms with Gasteiger partial charge in [-0.05, 0) is 42.8 Å². The van der Waals surface area contributed by atoms with E-state index < -0.39 is 0 Å². The molecule has 7 nitrogen and oxygen atoms in total. The first kappa shape index (κ1) is 24.9. The molecule has 3 heterocycles. The van der Waals surface area contributed by atoms with E-state index in [1.54, 1.807) is 23.5 Å². The van der Waals surface area contributed by atoms with Crippen molar-refractivity contribution in [2.45, 2.75) is 29.0 Å². The van der Waals surface area contributed by atoms with Gasteiger partial charge in [-0.15, -0.1) is 0 Å². The summed E-state index contributed by atoms with van der Waals surface area (Å²) in [6.07, 6.45) is 0. The molecule has 0 spiro atoms. The van der Waals surface area contributed by atoms with Gasteiger partial charge in [0.1, 0.15) is 17.2 Å². The largest absolute Gasteiger partial charge is 0.476 e. The predicted octanol–water partition coefficient (Wildman–Crippen LogP) is 5.60. The quantitative estimate of drug-likeness (QED) is 0.419. The van der Waals surface area contributed by atoms with Gasteiger partial charge in [0.25, 0.3) is 0 Å². The molecule has 0 aromatic heterocycles. The fraction of sp³-hybridized carbons (Fsp3) is 0.276. The number of hydrogen-bond acceptors (Lipinski definition) is 8. The number of benzene rings is 3. The first-order valence-corrected chi connectivity index (χ1v) is 14.5. The van der Waals surface area contributed by atoms with E-state index in [1.807, 2.05) is 53.4 Å². The number of hydrogen-bond donors (Lipinski definition) is 1. The number of amides is 1. The number of rotatable bonds is 7. The van der Waals surface area contributed by atoms with Gasteiger partial charge in [0.2, 0.25) is 11.8 Å². The van der Waals surface area contributed by atoms with Crippen LogP contribution in [0.25, 0.3) is 0 Å². The number of carbonyl (C=O) groups is 1. The fourth-order valence-electron chi connectivity index (χ4n) is 4.82. The molecule has 1 N–H and O–H groups in total. The molecule has 6 rings (SSSR count). The van der Waals surface area contributed by atoms with Crippen molar-refractivity contribution >= 4 is 57.6 Å². The second-order valence-corrected chi connectivity index (χ2v) is 11.5. The molecule has 0 radical (unpaired) electrons. The van der Waals surface area contributed by atoms with Crippen LogP contribution in [-0.2, 0) is 16.1 Å². The second-order valence-electron chi connectivity index (χ2n) is 9.23. The van der Waals surface area contributed by atoms with Gasteiger partial charge in [-0.1, -0.05) is 66.0 Å². The van der Waals surface area contributed by atoms with Crippen molar-refractivity contribution in [1.29, 1.82) is 0 Å². The van der Waals surface area contributed by atoms with Crippen molar-refractivity contribution in [1.82, 2.24) is 4.90 Å². The third-order valence-corrected chi connectivity index (χ3v) is 9.54. The third-order valence-electron chi connectivity index (χ3n) is 6.70. The molecular weight excluding hydrogens is 514 g/mol. The first-order chi connectivity index (χ1) is 18.6. The number of para-hydroxylation sites is 1. The number of anilines is 2. The van der Waals surface area contributed by atoms with Gasteiger partial charge in [0.05, 0.1) is 30.2 Å². The van der Waals surface area contributed by atoms with Crippen LogP contribution in [0.15, 0.2) is 87.7 Å². The zero-order chi connectivity index (χ0) is 26.1. The molecule has 3 aliphatic rings. The SMILES string of the molecule is CCNc1ccc(C2=NCCO2)cc1N=C1SC(C2Sc3ccccc3N2C)C(=O)N1Cc1ccccc1. The molecule has 0 aliphatic carbocycles. The predicted molar refractivity (Wildman–Crippen MR) is 158 cm³/mol. The van der Waals surface area contributed by atoms with Gasteiger partial charge in [-0.2, -0.15) is 0 Å². The van der Waals surface area contributed by atoms with Gasteiger partial charge >= 0.3 is 0 Å². The normalized spacial score (nSPS) is 21.6. The Morgan fingerprint density at radius 3 is 2.66 bits per heavy atom. The number of fused-ring (bicyclic) bond motifs is 1. The lowest BCUT2D eigenvalue weighted by molar-refractivity contribution is -0.126.